The van der Waals surface area contributed by atoms with Crippen LogP contribution in [0.4, 0.5) is 0 Å². The number of carboxylic acid groups (broad SMARTS) is 1. The first-order valence-corrected chi connectivity index (χ1v) is 8.06. The number of carbonyl (C=O) groups excluding carboxylic acids is 1. The van der Waals surface area contributed by atoms with E-state index in [0.717, 1.165) is 25.7 Å². The number of rotatable bonds is 5. The van der Waals surface area contributed by atoms with Crippen LogP contribution in [-0.2, 0) is 4.79 Å². The molecule has 1 aliphatic carbocycles. The van der Waals surface area contributed by atoms with E-state index in [2.05, 4.69) is 5.32 Å². The minimum Gasteiger partial charge on any atom is -0.481 e. The first-order valence-electron chi connectivity index (χ1n) is 8.06. The molecule has 1 saturated carbocycles. The van der Waals surface area contributed by atoms with Crippen molar-refractivity contribution in [3.8, 4) is 11.5 Å². The summed E-state index contributed by atoms with van der Waals surface area (Å²) in [5.41, 5.74) is 0.446. The van der Waals surface area contributed by atoms with E-state index in [4.69, 9.17) is 9.47 Å². The van der Waals surface area contributed by atoms with Crippen molar-refractivity contribution in [1.82, 2.24) is 5.32 Å². The van der Waals surface area contributed by atoms with Gasteiger partial charge in [0.1, 0.15) is 0 Å². The molecule has 0 aromatic heterocycles. The molecule has 1 unspecified atom stereocenters. The maximum absolute atomic E-state index is 12.3. The van der Waals surface area contributed by atoms with Gasteiger partial charge in [0.2, 0.25) is 6.79 Å². The quantitative estimate of drug-likeness (QED) is 0.870. The van der Waals surface area contributed by atoms with E-state index in [9.17, 15) is 14.7 Å². The Morgan fingerprint density at radius 2 is 1.91 bits per heavy atom. The van der Waals surface area contributed by atoms with Crippen LogP contribution in [0.1, 0.15) is 42.5 Å². The lowest BCUT2D eigenvalue weighted by Crippen LogP contribution is -2.37. The minimum atomic E-state index is -0.831. The predicted octanol–water partition coefficient (Wildman–Crippen LogP) is 2.43. The maximum atomic E-state index is 12.3. The van der Waals surface area contributed by atoms with E-state index in [1.165, 1.54) is 6.42 Å². The minimum absolute atomic E-state index is 0.151. The van der Waals surface area contributed by atoms with Crippen LogP contribution in [0.15, 0.2) is 18.2 Å². The van der Waals surface area contributed by atoms with Gasteiger partial charge >= 0.3 is 5.97 Å². The van der Waals surface area contributed by atoms with Crippen molar-refractivity contribution in [2.24, 2.45) is 11.8 Å². The molecule has 1 amide bonds. The number of hydrogen-bond acceptors (Lipinski definition) is 4. The fourth-order valence-electron chi connectivity index (χ4n) is 3.33. The van der Waals surface area contributed by atoms with E-state index < -0.39 is 11.9 Å². The maximum Gasteiger partial charge on any atom is 0.308 e. The third-order valence-electron chi connectivity index (χ3n) is 4.65. The normalized spacial score (nSPS) is 18.4. The number of ether oxygens (including phenoxy) is 2. The third-order valence-corrected chi connectivity index (χ3v) is 4.65. The van der Waals surface area contributed by atoms with Gasteiger partial charge in [-0.2, -0.15) is 0 Å². The molecule has 23 heavy (non-hydrogen) atoms. The number of amides is 1. The SMILES string of the molecule is O=C(NCC(C(=O)O)C1CCCCC1)c1ccc2c(c1)OCO2. The first kappa shape index (κ1) is 15.6. The molecule has 1 heterocycles. The van der Waals surface area contributed by atoms with Crippen molar-refractivity contribution in [1.29, 1.82) is 0 Å². The molecular formula is C17H21NO5. The molecule has 6 nitrogen and oxygen atoms in total. The molecule has 0 saturated heterocycles. The van der Waals surface area contributed by atoms with Crippen LogP contribution in [-0.4, -0.2) is 30.3 Å². The van der Waals surface area contributed by atoms with E-state index in [-0.39, 0.29) is 25.2 Å². The highest BCUT2D eigenvalue weighted by Crippen LogP contribution is 2.33. The molecule has 1 fully saturated rings. The second-order valence-corrected chi connectivity index (χ2v) is 6.12. The van der Waals surface area contributed by atoms with Crippen LogP contribution in [0.25, 0.3) is 0 Å². The van der Waals surface area contributed by atoms with Crippen molar-refractivity contribution in [2.45, 2.75) is 32.1 Å². The Kier molecular flexibility index (Phi) is 4.69. The zero-order valence-corrected chi connectivity index (χ0v) is 12.9. The molecule has 1 atom stereocenters. The van der Waals surface area contributed by atoms with Crippen LogP contribution in [0, 0.1) is 11.8 Å². The zero-order chi connectivity index (χ0) is 16.2. The summed E-state index contributed by atoms with van der Waals surface area (Å²) in [7, 11) is 0. The van der Waals surface area contributed by atoms with Crippen LogP contribution in [0.3, 0.4) is 0 Å². The van der Waals surface area contributed by atoms with E-state index in [1.807, 2.05) is 0 Å². The Balaban J connectivity index is 1.61. The standard InChI is InChI=1S/C17H21NO5/c19-16(12-6-7-14-15(8-12)23-10-22-14)18-9-13(17(20)21)11-4-2-1-3-5-11/h6-8,11,13H,1-5,9-10H2,(H,18,19)(H,20,21). The zero-order valence-electron chi connectivity index (χ0n) is 12.9. The van der Waals surface area contributed by atoms with Crippen LogP contribution in [0.5, 0.6) is 11.5 Å². The van der Waals surface area contributed by atoms with Gasteiger partial charge in [-0.3, -0.25) is 9.59 Å². The summed E-state index contributed by atoms with van der Waals surface area (Å²) in [6.45, 7) is 0.316. The van der Waals surface area contributed by atoms with Gasteiger partial charge in [-0.05, 0) is 37.0 Å². The van der Waals surface area contributed by atoms with Crippen LogP contribution >= 0.6 is 0 Å². The number of fused-ring (bicyclic) bond motifs is 1. The lowest BCUT2D eigenvalue weighted by Gasteiger charge is -2.27. The van der Waals surface area contributed by atoms with Gasteiger partial charge in [-0.25, -0.2) is 0 Å². The second-order valence-electron chi connectivity index (χ2n) is 6.12. The van der Waals surface area contributed by atoms with Crippen molar-refractivity contribution < 1.29 is 24.2 Å². The smallest absolute Gasteiger partial charge is 0.308 e. The first-order chi connectivity index (χ1) is 11.1. The summed E-state index contributed by atoms with van der Waals surface area (Å²) in [5, 5.41) is 12.2. The Morgan fingerprint density at radius 1 is 1.17 bits per heavy atom. The van der Waals surface area contributed by atoms with E-state index in [1.54, 1.807) is 18.2 Å². The number of carboxylic acids is 1. The van der Waals surface area contributed by atoms with Crippen molar-refractivity contribution >= 4 is 11.9 Å². The van der Waals surface area contributed by atoms with Crippen molar-refractivity contribution in [3.05, 3.63) is 23.8 Å². The Bertz CT molecular complexity index is 595. The molecule has 1 aromatic rings. The summed E-state index contributed by atoms with van der Waals surface area (Å²) in [6, 6.07) is 4.96. The highest BCUT2D eigenvalue weighted by Gasteiger charge is 2.29. The van der Waals surface area contributed by atoms with Gasteiger partial charge in [0, 0.05) is 12.1 Å². The Morgan fingerprint density at radius 3 is 2.65 bits per heavy atom. The molecule has 1 aliphatic heterocycles. The molecule has 0 spiro atoms. The van der Waals surface area contributed by atoms with Gasteiger partial charge < -0.3 is 19.9 Å². The van der Waals surface area contributed by atoms with Gasteiger partial charge in [-0.15, -0.1) is 0 Å². The monoisotopic (exact) mass is 319 g/mol. The summed E-state index contributed by atoms with van der Waals surface area (Å²) >= 11 is 0. The number of aliphatic carboxylic acids is 1. The van der Waals surface area contributed by atoms with Crippen LogP contribution in [0.2, 0.25) is 0 Å². The predicted molar refractivity (Wildman–Crippen MR) is 82.6 cm³/mol. The largest absolute Gasteiger partial charge is 0.481 e. The number of nitrogens with one attached hydrogen (secondary N) is 1. The summed E-state index contributed by atoms with van der Waals surface area (Å²) in [6.07, 6.45) is 5.18. The average Bonchev–Trinajstić information content (AvgIpc) is 3.03. The molecule has 1 aromatic carbocycles. The summed E-state index contributed by atoms with van der Waals surface area (Å²) in [4.78, 5) is 23.8. The molecule has 6 heteroatoms. The highest BCUT2D eigenvalue weighted by molar-refractivity contribution is 5.95. The molecule has 0 radical (unpaired) electrons. The number of benzene rings is 1. The van der Waals surface area contributed by atoms with E-state index >= 15 is 0 Å². The fourth-order valence-corrected chi connectivity index (χ4v) is 3.33. The molecule has 2 aliphatic rings. The van der Waals surface area contributed by atoms with Crippen LogP contribution < -0.4 is 14.8 Å². The van der Waals surface area contributed by atoms with Gasteiger partial charge in [0.05, 0.1) is 5.92 Å². The van der Waals surface area contributed by atoms with Crippen molar-refractivity contribution in [2.75, 3.05) is 13.3 Å². The molecule has 2 N–H and O–H groups in total. The lowest BCUT2D eigenvalue weighted by atomic mass is 9.80. The third kappa shape index (κ3) is 3.57. The summed E-state index contributed by atoms with van der Waals surface area (Å²) < 4.78 is 10.5. The summed E-state index contributed by atoms with van der Waals surface area (Å²) in [5.74, 6) is -0.327. The average molecular weight is 319 g/mol. The Labute approximate surface area is 134 Å². The van der Waals surface area contributed by atoms with Gasteiger partial charge in [0.15, 0.2) is 11.5 Å². The topological polar surface area (TPSA) is 84.9 Å². The van der Waals surface area contributed by atoms with Gasteiger partial charge in [0.25, 0.3) is 5.91 Å². The van der Waals surface area contributed by atoms with Gasteiger partial charge in [-0.1, -0.05) is 19.3 Å². The highest BCUT2D eigenvalue weighted by atomic mass is 16.7. The fraction of sp³-hybridized carbons (Fsp3) is 0.529. The molecule has 124 valence electrons. The lowest BCUT2D eigenvalue weighted by molar-refractivity contribution is -0.143. The Hall–Kier alpha value is -2.24. The molecular weight excluding hydrogens is 298 g/mol. The number of hydrogen-bond donors (Lipinski definition) is 2. The molecule has 0 bridgehead atoms. The number of carbonyl (C=O) groups is 2. The van der Waals surface area contributed by atoms with E-state index in [0.29, 0.717) is 17.1 Å². The second kappa shape index (κ2) is 6.89. The van der Waals surface area contributed by atoms with Crippen molar-refractivity contribution in [3.63, 3.8) is 0 Å². The molecule has 3 rings (SSSR count).